The summed E-state index contributed by atoms with van der Waals surface area (Å²) in [6.45, 7) is 1.31. The SMILES string of the molecule is CCCC[C@]1(O)O[C@H](C(O)N(Cc2ccc(OC)cc2)C(=O)N(CCCl)N=O)[C@@H](O)[C@H](O)[C@H]1O. The molecule has 1 unspecified atom stereocenters. The van der Waals surface area contributed by atoms with Crippen LogP contribution in [0.4, 0.5) is 4.79 Å². The van der Waals surface area contributed by atoms with Crippen LogP contribution in [0.2, 0.25) is 0 Å². The number of alkyl halides is 1. The van der Waals surface area contributed by atoms with Crippen LogP contribution in [0.25, 0.3) is 0 Å². The summed E-state index contributed by atoms with van der Waals surface area (Å²) in [7, 11) is 1.48. The van der Waals surface area contributed by atoms with Crippen molar-refractivity contribution in [2.24, 2.45) is 5.29 Å². The first kappa shape index (κ1) is 28.2. The van der Waals surface area contributed by atoms with Crippen molar-refractivity contribution in [2.75, 3.05) is 19.5 Å². The quantitative estimate of drug-likeness (QED) is 0.124. The second-order valence-corrected chi connectivity index (χ2v) is 8.40. The molecular weight excluding hydrogens is 474 g/mol. The molecule has 0 saturated carbocycles. The van der Waals surface area contributed by atoms with E-state index in [9.17, 15) is 35.2 Å². The van der Waals surface area contributed by atoms with Gasteiger partial charge in [-0.2, -0.15) is 5.01 Å². The Labute approximate surface area is 202 Å². The number of carbonyl (C=O) groups excluding carboxylic acids is 1. The number of nitrogens with zero attached hydrogens (tertiary/aromatic N) is 3. The van der Waals surface area contributed by atoms with E-state index < -0.39 is 42.5 Å². The van der Waals surface area contributed by atoms with Crippen molar-refractivity contribution in [3.05, 3.63) is 34.7 Å². The van der Waals surface area contributed by atoms with Gasteiger partial charge < -0.3 is 35.0 Å². The van der Waals surface area contributed by atoms with Crippen molar-refractivity contribution < 1.29 is 39.8 Å². The van der Waals surface area contributed by atoms with Crippen molar-refractivity contribution in [2.45, 2.75) is 69.2 Å². The normalized spacial score (nSPS) is 27.6. The number of unbranched alkanes of at least 4 members (excludes halogenated alkanes) is 1. The summed E-state index contributed by atoms with van der Waals surface area (Å²) in [5.41, 5.74) is 0.511. The second-order valence-electron chi connectivity index (χ2n) is 8.02. The second kappa shape index (κ2) is 12.6. The van der Waals surface area contributed by atoms with E-state index in [1.165, 1.54) is 7.11 Å². The maximum atomic E-state index is 13.1. The number of ether oxygens (including phenoxy) is 2. The van der Waals surface area contributed by atoms with E-state index in [2.05, 4.69) is 5.29 Å². The largest absolute Gasteiger partial charge is 0.497 e. The summed E-state index contributed by atoms with van der Waals surface area (Å²) in [4.78, 5) is 25.1. The van der Waals surface area contributed by atoms with Crippen LogP contribution in [-0.2, 0) is 11.3 Å². The molecule has 34 heavy (non-hydrogen) atoms. The summed E-state index contributed by atoms with van der Waals surface area (Å²) in [6.07, 6.45) is -8.35. The molecule has 1 saturated heterocycles. The maximum Gasteiger partial charge on any atom is 0.345 e. The van der Waals surface area contributed by atoms with Crippen molar-refractivity contribution in [1.82, 2.24) is 9.91 Å². The van der Waals surface area contributed by atoms with Gasteiger partial charge in [0.25, 0.3) is 0 Å². The lowest BCUT2D eigenvalue weighted by atomic mass is 9.88. The number of nitroso groups, excluding NO2 is 1. The topological polar surface area (TPSA) is 173 Å². The number of benzene rings is 1. The number of aliphatic hydroxyl groups is 5. The molecule has 0 spiro atoms. The van der Waals surface area contributed by atoms with Gasteiger partial charge in [0.1, 0.15) is 30.2 Å². The van der Waals surface area contributed by atoms with Crippen LogP contribution < -0.4 is 4.74 Å². The van der Waals surface area contributed by atoms with Gasteiger partial charge in [0, 0.05) is 12.3 Å². The van der Waals surface area contributed by atoms with Crippen molar-refractivity contribution in [1.29, 1.82) is 0 Å². The lowest BCUT2D eigenvalue weighted by Gasteiger charge is -2.48. The minimum atomic E-state index is -2.28. The van der Waals surface area contributed by atoms with Gasteiger partial charge in [-0.3, -0.25) is 4.90 Å². The Balaban J connectivity index is 2.40. The zero-order valence-corrected chi connectivity index (χ0v) is 19.8. The first-order valence-corrected chi connectivity index (χ1v) is 11.4. The van der Waals surface area contributed by atoms with Crippen LogP contribution in [0, 0.1) is 4.91 Å². The number of hydrogen-bond acceptors (Lipinski definition) is 10. The Bertz CT molecular complexity index is 802. The lowest BCUT2D eigenvalue weighted by molar-refractivity contribution is -0.365. The number of aliphatic hydroxyl groups excluding tert-OH is 4. The molecule has 1 aromatic carbocycles. The fourth-order valence-electron chi connectivity index (χ4n) is 3.68. The van der Waals surface area contributed by atoms with E-state index in [1.54, 1.807) is 24.3 Å². The van der Waals surface area contributed by atoms with E-state index in [4.69, 9.17) is 21.1 Å². The van der Waals surface area contributed by atoms with Crippen molar-refractivity contribution in [3.63, 3.8) is 0 Å². The molecule has 1 aliphatic heterocycles. The van der Waals surface area contributed by atoms with E-state index in [-0.39, 0.29) is 25.4 Å². The predicted octanol–water partition coefficient (Wildman–Crippen LogP) is 0.518. The standard InChI is InChI=1S/C21H32ClN3O9/c1-3-4-9-21(31)18(28)16(27)15(26)17(34-21)19(29)24(20(30)25(23-32)11-10-22)12-13-5-7-14(33-2)8-6-13/h5-8,15-19,26-29,31H,3-4,9-12H2,1-2H3/t15-,16-,17-,18+,19?,21-/m0/s1. The lowest BCUT2D eigenvalue weighted by Crippen LogP contribution is -2.69. The van der Waals surface area contributed by atoms with Crippen LogP contribution >= 0.6 is 11.6 Å². The summed E-state index contributed by atoms with van der Waals surface area (Å²) in [5.74, 6) is -1.85. The van der Waals surface area contributed by atoms with Gasteiger partial charge in [0.2, 0.25) is 0 Å². The molecule has 2 amide bonds. The maximum absolute atomic E-state index is 13.1. The predicted molar refractivity (Wildman–Crippen MR) is 121 cm³/mol. The molecule has 0 aliphatic carbocycles. The number of hydrogen-bond donors (Lipinski definition) is 5. The average molecular weight is 506 g/mol. The number of halogens is 1. The highest BCUT2D eigenvalue weighted by Crippen LogP contribution is 2.34. The third kappa shape index (κ3) is 6.33. The molecule has 1 aliphatic rings. The molecule has 12 nitrogen and oxygen atoms in total. The Morgan fingerprint density at radius 3 is 2.44 bits per heavy atom. The van der Waals surface area contributed by atoms with Crippen LogP contribution in [0.1, 0.15) is 31.7 Å². The van der Waals surface area contributed by atoms with E-state index >= 15 is 0 Å². The highest BCUT2D eigenvalue weighted by atomic mass is 35.5. The summed E-state index contributed by atoms with van der Waals surface area (Å²) in [6, 6.07) is 5.41. The first-order valence-electron chi connectivity index (χ1n) is 10.9. The van der Waals surface area contributed by atoms with Gasteiger partial charge in [-0.25, -0.2) is 4.79 Å². The minimum absolute atomic E-state index is 0.0988. The molecule has 192 valence electrons. The zero-order chi connectivity index (χ0) is 25.5. The Morgan fingerprint density at radius 2 is 1.91 bits per heavy atom. The third-order valence-electron chi connectivity index (χ3n) is 5.69. The molecular formula is C21H32ClN3O9. The number of rotatable bonds is 11. The van der Waals surface area contributed by atoms with Crippen molar-refractivity contribution >= 4 is 17.6 Å². The van der Waals surface area contributed by atoms with Gasteiger partial charge >= 0.3 is 6.03 Å². The van der Waals surface area contributed by atoms with Gasteiger partial charge in [0.05, 0.1) is 25.5 Å². The molecule has 1 fully saturated rings. The zero-order valence-electron chi connectivity index (χ0n) is 19.0. The van der Waals surface area contributed by atoms with Crippen LogP contribution in [0.3, 0.4) is 0 Å². The molecule has 0 bridgehead atoms. The molecule has 0 aromatic heterocycles. The van der Waals surface area contributed by atoms with E-state index in [1.807, 2.05) is 6.92 Å². The number of amides is 2. The van der Waals surface area contributed by atoms with Gasteiger partial charge in [0.15, 0.2) is 12.0 Å². The molecule has 1 aromatic rings. The van der Waals surface area contributed by atoms with Gasteiger partial charge in [-0.1, -0.05) is 25.5 Å². The van der Waals surface area contributed by atoms with Crippen LogP contribution in [0.5, 0.6) is 5.75 Å². The number of carbonyl (C=O) groups is 1. The summed E-state index contributed by atoms with van der Waals surface area (Å²) < 4.78 is 10.6. The smallest absolute Gasteiger partial charge is 0.345 e. The molecule has 5 N–H and O–H groups in total. The fraction of sp³-hybridized carbons (Fsp3) is 0.667. The number of methoxy groups -OCH3 is 1. The fourth-order valence-corrected chi connectivity index (χ4v) is 3.84. The number of urea groups is 1. The third-order valence-corrected chi connectivity index (χ3v) is 5.86. The highest BCUT2D eigenvalue weighted by molar-refractivity contribution is 6.18. The van der Waals surface area contributed by atoms with Crippen molar-refractivity contribution in [3.8, 4) is 5.75 Å². The molecule has 0 radical (unpaired) electrons. The first-order chi connectivity index (χ1) is 16.1. The Morgan fingerprint density at radius 1 is 1.26 bits per heavy atom. The average Bonchev–Trinajstić information content (AvgIpc) is 2.85. The molecule has 2 rings (SSSR count). The highest BCUT2D eigenvalue weighted by Gasteiger charge is 2.55. The van der Waals surface area contributed by atoms with E-state index in [0.717, 1.165) is 4.90 Å². The van der Waals surface area contributed by atoms with Gasteiger partial charge in [-0.15, -0.1) is 16.5 Å². The monoisotopic (exact) mass is 505 g/mol. The minimum Gasteiger partial charge on any atom is -0.497 e. The van der Waals surface area contributed by atoms with E-state index in [0.29, 0.717) is 29.2 Å². The Kier molecular flexibility index (Phi) is 10.4. The molecule has 6 atom stereocenters. The van der Waals surface area contributed by atoms with Crippen LogP contribution in [-0.4, -0.2) is 97.4 Å². The summed E-state index contributed by atoms with van der Waals surface area (Å²) >= 11 is 5.64. The summed E-state index contributed by atoms with van der Waals surface area (Å²) in [5, 5.41) is 56.2. The molecule has 13 heteroatoms. The Hall–Kier alpha value is -2.06. The molecule has 1 heterocycles. The van der Waals surface area contributed by atoms with Crippen LogP contribution in [0.15, 0.2) is 29.6 Å². The van der Waals surface area contributed by atoms with Gasteiger partial charge in [-0.05, 0) is 24.1 Å².